The van der Waals surface area contributed by atoms with E-state index in [1.807, 2.05) is 11.8 Å². The molecule has 21 heavy (non-hydrogen) atoms. The zero-order valence-corrected chi connectivity index (χ0v) is 13.2. The fourth-order valence-electron chi connectivity index (χ4n) is 3.12. The predicted octanol–water partition coefficient (Wildman–Crippen LogP) is 3.08. The van der Waals surface area contributed by atoms with Crippen LogP contribution in [0.5, 0.6) is 0 Å². The van der Waals surface area contributed by atoms with Gasteiger partial charge in [-0.05, 0) is 51.5 Å². The van der Waals surface area contributed by atoms with Gasteiger partial charge in [0.2, 0.25) is 5.91 Å². The SMILES string of the molecule is Cc1ccc(CCC(=O)N2CCCCC2CC(C)O)cc1. The van der Waals surface area contributed by atoms with E-state index < -0.39 is 0 Å². The molecule has 1 heterocycles. The normalized spacial score (nSPS) is 20.3. The summed E-state index contributed by atoms with van der Waals surface area (Å²) in [6.45, 7) is 4.73. The number of carbonyl (C=O) groups is 1. The number of aryl methyl sites for hydroxylation is 2. The van der Waals surface area contributed by atoms with Crippen molar-refractivity contribution in [3.05, 3.63) is 35.4 Å². The number of hydrogen-bond donors (Lipinski definition) is 1. The van der Waals surface area contributed by atoms with E-state index in [0.717, 1.165) is 25.8 Å². The molecule has 0 aromatic heterocycles. The van der Waals surface area contributed by atoms with Gasteiger partial charge in [-0.15, -0.1) is 0 Å². The summed E-state index contributed by atoms with van der Waals surface area (Å²) in [6.07, 6.45) is 5.03. The lowest BCUT2D eigenvalue weighted by Crippen LogP contribution is -2.45. The van der Waals surface area contributed by atoms with Gasteiger partial charge < -0.3 is 10.0 Å². The van der Waals surface area contributed by atoms with E-state index in [9.17, 15) is 9.90 Å². The fourth-order valence-corrected chi connectivity index (χ4v) is 3.12. The van der Waals surface area contributed by atoms with Crippen molar-refractivity contribution in [2.24, 2.45) is 0 Å². The highest BCUT2D eigenvalue weighted by molar-refractivity contribution is 5.77. The van der Waals surface area contributed by atoms with E-state index in [1.54, 1.807) is 0 Å². The molecule has 1 aromatic rings. The highest BCUT2D eigenvalue weighted by atomic mass is 16.3. The van der Waals surface area contributed by atoms with Gasteiger partial charge in [-0.1, -0.05) is 29.8 Å². The van der Waals surface area contributed by atoms with Crippen LogP contribution in [-0.4, -0.2) is 34.6 Å². The molecule has 0 spiro atoms. The van der Waals surface area contributed by atoms with Crippen LogP contribution < -0.4 is 0 Å². The summed E-state index contributed by atoms with van der Waals surface area (Å²) in [5.74, 6) is 0.237. The van der Waals surface area contributed by atoms with Gasteiger partial charge in [0.25, 0.3) is 0 Å². The maximum Gasteiger partial charge on any atom is 0.223 e. The molecule has 1 aliphatic heterocycles. The smallest absolute Gasteiger partial charge is 0.223 e. The molecule has 1 aliphatic rings. The molecule has 3 nitrogen and oxygen atoms in total. The first-order valence-electron chi connectivity index (χ1n) is 8.09. The summed E-state index contributed by atoms with van der Waals surface area (Å²) in [5.41, 5.74) is 2.47. The van der Waals surface area contributed by atoms with E-state index in [-0.39, 0.29) is 18.1 Å². The molecule has 1 N–H and O–H groups in total. The Morgan fingerprint density at radius 3 is 2.71 bits per heavy atom. The van der Waals surface area contributed by atoms with Crippen molar-refractivity contribution in [3.8, 4) is 0 Å². The lowest BCUT2D eigenvalue weighted by molar-refractivity contribution is -0.135. The van der Waals surface area contributed by atoms with Gasteiger partial charge in [-0.2, -0.15) is 0 Å². The Morgan fingerprint density at radius 1 is 1.33 bits per heavy atom. The Kier molecular flexibility index (Phi) is 5.80. The lowest BCUT2D eigenvalue weighted by atomic mass is 9.96. The van der Waals surface area contributed by atoms with E-state index in [2.05, 4.69) is 31.2 Å². The number of rotatable bonds is 5. The summed E-state index contributed by atoms with van der Waals surface area (Å²) in [4.78, 5) is 14.5. The number of aliphatic hydroxyl groups is 1. The van der Waals surface area contributed by atoms with Crippen LogP contribution in [0.2, 0.25) is 0 Å². The molecular formula is C18H27NO2. The maximum absolute atomic E-state index is 12.5. The Morgan fingerprint density at radius 2 is 2.05 bits per heavy atom. The molecule has 1 saturated heterocycles. The minimum absolute atomic E-state index is 0.226. The average molecular weight is 289 g/mol. The number of carbonyl (C=O) groups excluding carboxylic acids is 1. The third-order valence-corrected chi connectivity index (χ3v) is 4.31. The number of nitrogens with zero attached hydrogens (tertiary/aromatic N) is 1. The van der Waals surface area contributed by atoms with Gasteiger partial charge in [-0.25, -0.2) is 0 Å². The Labute approximate surface area is 128 Å². The molecule has 0 aliphatic carbocycles. The minimum atomic E-state index is -0.333. The number of aliphatic hydroxyl groups excluding tert-OH is 1. The highest BCUT2D eigenvalue weighted by Crippen LogP contribution is 2.22. The second kappa shape index (κ2) is 7.60. The van der Waals surface area contributed by atoms with Gasteiger partial charge in [0.15, 0.2) is 0 Å². The standard InChI is InChI=1S/C18H27NO2/c1-14-6-8-16(9-7-14)10-11-18(21)19-12-4-3-5-17(19)13-15(2)20/h6-9,15,17,20H,3-5,10-13H2,1-2H3. The number of amides is 1. The maximum atomic E-state index is 12.5. The number of hydrogen-bond acceptors (Lipinski definition) is 2. The Hall–Kier alpha value is -1.35. The molecule has 0 bridgehead atoms. The summed E-state index contributed by atoms with van der Waals surface area (Å²) < 4.78 is 0. The largest absolute Gasteiger partial charge is 0.393 e. The Bertz CT molecular complexity index is 453. The quantitative estimate of drug-likeness (QED) is 0.905. The van der Waals surface area contributed by atoms with Crippen molar-refractivity contribution >= 4 is 5.91 Å². The minimum Gasteiger partial charge on any atom is -0.393 e. The monoisotopic (exact) mass is 289 g/mol. The Balaban J connectivity index is 1.89. The molecule has 1 aromatic carbocycles. The van der Waals surface area contributed by atoms with Crippen molar-refractivity contribution in [3.63, 3.8) is 0 Å². The summed E-state index contributed by atoms with van der Waals surface area (Å²) >= 11 is 0. The van der Waals surface area contributed by atoms with Crippen LogP contribution in [0.3, 0.4) is 0 Å². The first-order valence-corrected chi connectivity index (χ1v) is 8.09. The van der Waals surface area contributed by atoms with Crippen LogP contribution in [0, 0.1) is 6.92 Å². The second-order valence-electron chi connectivity index (χ2n) is 6.31. The molecule has 0 saturated carbocycles. The highest BCUT2D eigenvalue weighted by Gasteiger charge is 2.27. The zero-order chi connectivity index (χ0) is 15.2. The van der Waals surface area contributed by atoms with Gasteiger partial charge >= 0.3 is 0 Å². The molecule has 116 valence electrons. The molecule has 2 unspecified atom stereocenters. The van der Waals surface area contributed by atoms with Crippen LogP contribution in [0.15, 0.2) is 24.3 Å². The van der Waals surface area contributed by atoms with Crippen molar-refractivity contribution in [2.75, 3.05) is 6.54 Å². The van der Waals surface area contributed by atoms with Crippen molar-refractivity contribution < 1.29 is 9.90 Å². The molecule has 1 amide bonds. The van der Waals surface area contributed by atoms with Crippen molar-refractivity contribution in [1.82, 2.24) is 4.90 Å². The van der Waals surface area contributed by atoms with Crippen LogP contribution in [0.1, 0.15) is 50.2 Å². The van der Waals surface area contributed by atoms with Gasteiger partial charge in [-0.3, -0.25) is 4.79 Å². The van der Waals surface area contributed by atoms with Gasteiger partial charge in [0.1, 0.15) is 0 Å². The number of likely N-dealkylation sites (tertiary alicyclic amines) is 1. The third-order valence-electron chi connectivity index (χ3n) is 4.31. The third kappa shape index (κ3) is 4.85. The zero-order valence-electron chi connectivity index (χ0n) is 13.2. The lowest BCUT2D eigenvalue weighted by Gasteiger charge is -2.36. The molecule has 3 heteroatoms. The van der Waals surface area contributed by atoms with Gasteiger partial charge in [0, 0.05) is 19.0 Å². The average Bonchev–Trinajstić information content (AvgIpc) is 2.46. The molecule has 2 rings (SSSR count). The topological polar surface area (TPSA) is 40.5 Å². The fraction of sp³-hybridized carbons (Fsp3) is 0.611. The second-order valence-corrected chi connectivity index (χ2v) is 6.31. The van der Waals surface area contributed by atoms with E-state index >= 15 is 0 Å². The first kappa shape index (κ1) is 16.0. The van der Waals surface area contributed by atoms with E-state index in [4.69, 9.17) is 0 Å². The first-order chi connectivity index (χ1) is 10.1. The summed E-state index contributed by atoms with van der Waals surface area (Å²) in [5, 5.41) is 9.60. The van der Waals surface area contributed by atoms with E-state index in [1.165, 1.54) is 17.5 Å². The van der Waals surface area contributed by atoms with Crippen LogP contribution in [-0.2, 0) is 11.2 Å². The summed E-state index contributed by atoms with van der Waals surface area (Å²) in [6, 6.07) is 8.62. The molecule has 0 radical (unpaired) electrons. The van der Waals surface area contributed by atoms with Crippen LogP contribution in [0.4, 0.5) is 0 Å². The number of piperidine rings is 1. The molecule has 2 atom stereocenters. The van der Waals surface area contributed by atoms with Crippen molar-refractivity contribution in [1.29, 1.82) is 0 Å². The van der Waals surface area contributed by atoms with Crippen molar-refractivity contribution in [2.45, 2.75) is 64.5 Å². The molecular weight excluding hydrogens is 262 g/mol. The van der Waals surface area contributed by atoms with E-state index in [0.29, 0.717) is 12.8 Å². The van der Waals surface area contributed by atoms with Crippen LogP contribution in [0.25, 0.3) is 0 Å². The molecule has 1 fully saturated rings. The van der Waals surface area contributed by atoms with Crippen LogP contribution >= 0.6 is 0 Å². The summed E-state index contributed by atoms with van der Waals surface area (Å²) in [7, 11) is 0. The van der Waals surface area contributed by atoms with Gasteiger partial charge in [0.05, 0.1) is 6.10 Å². The predicted molar refractivity (Wildman–Crippen MR) is 85.1 cm³/mol. The number of benzene rings is 1.